The Morgan fingerprint density at radius 3 is 2.57 bits per heavy atom. The Bertz CT molecular complexity index is 1050. The molecule has 0 aliphatic carbocycles. The molecule has 28 heavy (non-hydrogen) atoms. The lowest BCUT2D eigenvalue weighted by Gasteiger charge is -2.11. The molecule has 2 aromatic carbocycles. The maximum atomic E-state index is 12.6. The van der Waals surface area contributed by atoms with E-state index in [-0.39, 0.29) is 5.91 Å². The summed E-state index contributed by atoms with van der Waals surface area (Å²) in [5.74, 6) is 1.08. The Labute approximate surface area is 161 Å². The lowest BCUT2D eigenvalue weighted by atomic mass is 10.1. The van der Waals surface area contributed by atoms with Gasteiger partial charge in [0.15, 0.2) is 0 Å². The standard InChI is InChI=1S/C21H17N5O2/c27-21(16-7-9-18(10-8-16)28-19-5-3-11-22-12-19)25-20-6-2-1-4-17(20)13-26-15-23-14-24-26/h1-12,14-15H,13H2,(H,25,27). The molecule has 0 aliphatic heterocycles. The summed E-state index contributed by atoms with van der Waals surface area (Å²) in [5, 5.41) is 7.07. The van der Waals surface area contributed by atoms with Crippen molar-refractivity contribution < 1.29 is 9.53 Å². The molecule has 2 heterocycles. The number of anilines is 1. The van der Waals surface area contributed by atoms with Gasteiger partial charge in [-0.3, -0.25) is 9.78 Å². The summed E-state index contributed by atoms with van der Waals surface area (Å²) in [6.45, 7) is 0.522. The first-order chi connectivity index (χ1) is 13.8. The normalized spacial score (nSPS) is 10.4. The quantitative estimate of drug-likeness (QED) is 0.558. The minimum Gasteiger partial charge on any atom is -0.456 e. The first kappa shape index (κ1) is 17.4. The van der Waals surface area contributed by atoms with E-state index in [2.05, 4.69) is 20.4 Å². The number of aromatic nitrogens is 4. The number of hydrogen-bond donors (Lipinski definition) is 1. The Hall–Kier alpha value is -4.00. The van der Waals surface area contributed by atoms with E-state index in [1.165, 1.54) is 6.33 Å². The van der Waals surface area contributed by atoms with Crippen LogP contribution in [0.3, 0.4) is 0 Å². The van der Waals surface area contributed by atoms with Gasteiger partial charge < -0.3 is 10.1 Å². The molecule has 1 amide bonds. The van der Waals surface area contributed by atoms with Crippen LogP contribution in [0, 0.1) is 0 Å². The van der Waals surface area contributed by atoms with E-state index >= 15 is 0 Å². The van der Waals surface area contributed by atoms with E-state index in [1.807, 2.05) is 30.3 Å². The van der Waals surface area contributed by atoms with E-state index < -0.39 is 0 Å². The highest BCUT2D eigenvalue weighted by atomic mass is 16.5. The van der Waals surface area contributed by atoms with Gasteiger partial charge in [-0.1, -0.05) is 18.2 Å². The molecule has 1 N–H and O–H groups in total. The molecule has 0 saturated carbocycles. The van der Waals surface area contributed by atoms with Crippen LogP contribution in [0.5, 0.6) is 11.5 Å². The van der Waals surface area contributed by atoms with E-state index in [0.717, 1.165) is 11.3 Å². The van der Waals surface area contributed by atoms with Gasteiger partial charge in [0.2, 0.25) is 0 Å². The molecule has 0 saturated heterocycles. The predicted molar refractivity (Wildman–Crippen MR) is 104 cm³/mol. The average molecular weight is 371 g/mol. The molecular weight excluding hydrogens is 354 g/mol. The Kier molecular flexibility index (Phi) is 5.06. The number of rotatable bonds is 6. The van der Waals surface area contributed by atoms with E-state index in [1.54, 1.807) is 53.7 Å². The van der Waals surface area contributed by atoms with Gasteiger partial charge in [-0.2, -0.15) is 5.10 Å². The van der Waals surface area contributed by atoms with Crippen molar-refractivity contribution in [3.63, 3.8) is 0 Å². The van der Waals surface area contributed by atoms with Crippen molar-refractivity contribution >= 4 is 11.6 Å². The molecule has 138 valence electrons. The fourth-order valence-corrected chi connectivity index (χ4v) is 2.68. The molecule has 0 aliphatic rings. The lowest BCUT2D eigenvalue weighted by Crippen LogP contribution is -2.14. The number of benzene rings is 2. The van der Waals surface area contributed by atoms with Gasteiger partial charge in [0.1, 0.15) is 24.2 Å². The summed E-state index contributed by atoms with van der Waals surface area (Å²) < 4.78 is 7.40. The van der Waals surface area contributed by atoms with Crippen LogP contribution in [0.1, 0.15) is 15.9 Å². The zero-order chi connectivity index (χ0) is 19.2. The molecule has 2 aromatic heterocycles. The summed E-state index contributed by atoms with van der Waals surface area (Å²) in [7, 11) is 0. The summed E-state index contributed by atoms with van der Waals surface area (Å²) >= 11 is 0. The number of carbonyl (C=O) groups excluding carboxylic acids is 1. The second-order valence-electron chi connectivity index (χ2n) is 6.02. The van der Waals surface area contributed by atoms with Crippen LogP contribution in [0.15, 0.2) is 85.7 Å². The highest BCUT2D eigenvalue weighted by molar-refractivity contribution is 6.04. The van der Waals surface area contributed by atoms with Gasteiger partial charge in [-0.15, -0.1) is 0 Å². The summed E-state index contributed by atoms with van der Waals surface area (Å²) in [6.07, 6.45) is 6.43. The van der Waals surface area contributed by atoms with Gasteiger partial charge in [0.05, 0.1) is 12.7 Å². The number of pyridine rings is 1. The minimum absolute atomic E-state index is 0.195. The maximum absolute atomic E-state index is 12.6. The van der Waals surface area contributed by atoms with Crippen molar-refractivity contribution in [2.24, 2.45) is 0 Å². The lowest BCUT2D eigenvalue weighted by molar-refractivity contribution is 0.102. The van der Waals surface area contributed by atoms with Crippen LogP contribution >= 0.6 is 0 Å². The second kappa shape index (κ2) is 8.13. The second-order valence-corrected chi connectivity index (χ2v) is 6.02. The van der Waals surface area contributed by atoms with Crippen LogP contribution in [0.2, 0.25) is 0 Å². The molecule has 7 heteroatoms. The van der Waals surface area contributed by atoms with Crippen molar-refractivity contribution in [1.29, 1.82) is 0 Å². The smallest absolute Gasteiger partial charge is 0.255 e. The maximum Gasteiger partial charge on any atom is 0.255 e. The van der Waals surface area contributed by atoms with Crippen LogP contribution in [-0.4, -0.2) is 25.7 Å². The summed E-state index contributed by atoms with van der Waals surface area (Å²) in [5.41, 5.74) is 2.21. The fraction of sp³-hybridized carbons (Fsp3) is 0.0476. The summed E-state index contributed by atoms with van der Waals surface area (Å²) in [4.78, 5) is 20.6. The highest BCUT2D eigenvalue weighted by Crippen LogP contribution is 2.22. The Balaban J connectivity index is 1.45. The number of ether oxygens (including phenoxy) is 1. The number of nitrogens with zero attached hydrogens (tertiary/aromatic N) is 4. The first-order valence-corrected chi connectivity index (χ1v) is 8.67. The average Bonchev–Trinajstić information content (AvgIpc) is 3.24. The monoisotopic (exact) mass is 371 g/mol. The van der Waals surface area contributed by atoms with Gasteiger partial charge >= 0.3 is 0 Å². The van der Waals surface area contributed by atoms with Crippen molar-refractivity contribution in [3.8, 4) is 11.5 Å². The molecule has 4 rings (SSSR count). The summed E-state index contributed by atoms with van der Waals surface area (Å²) in [6, 6.07) is 18.2. The molecule has 0 fully saturated rings. The predicted octanol–water partition coefficient (Wildman–Crippen LogP) is 3.77. The van der Waals surface area contributed by atoms with Crippen LogP contribution in [0.25, 0.3) is 0 Å². The molecule has 4 aromatic rings. The first-order valence-electron chi connectivity index (χ1n) is 8.67. The number of para-hydroxylation sites is 1. The van der Waals surface area contributed by atoms with E-state index in [0.29, 0.717) is 23.6 Å². The number of hydrogen-bond acceptors (Lipinski definition) is 5. The molecule has 0 bridgehead atoms. The van der Waals surface area contributed by atoms with Gasteiger partial charge in [0, 0.05) is 17.4 Å². The fourth-order valence-electron chi connectivity index (χ4n) is 2.68. The molecule has 0 radical (unpaired) electrons. The van der Waals surface area contributed by atoms with E-state index in [4.69, 9.17) is 4.74 Å². The van der Waals surface area contributed by atoms with Crippen molar-refractivity contribution in [2.45, 2.75) is 6.54 Å². The van der Waals surface area contributed by atoms with Crippen molar-refractivity contribution in [2.75, 3.05) is 5.32 Å². The minimum atomic E-state index is -0.195. The molecule has 7 nitrogen and oxygen atoms in total. The highest BCUT2D eigenvalue weighted by Gasteiger charge is 2.10. The zero-order valence-electron chi connectivity index (χ0n) is 14.9. The third kappa shape index (κ3) is 4.21. The van der Waals surface area contributed by atoms with Crippen LogP contribution in [0.4, 0.5) is 5.69 Å². The third-order valence-electron chi connectivity index (χ3n) is 4.05. The Morgan fingerprint density at radius 2 is 1.82 bits per heavy atom. The van der Waals surface area contributed by atoms with Crippen molar-refractivity contribution in [3.05, 3.63) is 96.8 Å². The molecular formula is C21H17N5O2. The van der Waals surface area contributed by atoms with Gasteiger partial charge in [-0.25, -0.2) is 9.67 Å². The topological polar surface area (TPSA) is 81.9 Å². The van der Waals surface area contributed by atoms with Crippen LogP contribution in [-0.2, 0) is 6.54 Å². The van der Waals surface area contributed by atoms with Crippen LogP contribution < -0.4 is 10.1 Å². The third-order valence-corrected chi connectivity index (χ3v) is 4.05. The number of carbonyl (C=O) groups is 1. The molecule has 0 spiro atoms. The SMILES string of the molecule is O=C(Nc1ccccc1Cn1cncn1)c1ccc(Oc2cccnc2)cc1. The Morgan fingerprint density at radius 1 is 0.964 bits per heavy atom. The largest absolute Gasteiger partial charge is 0.456 e. The van der Waals surface area contributed by atoms with E-state index in [9.17, 15) is 4.79 Å². The molecule has 0 unspecified atom stereocenters. The number of nitrogens with one attached hydrogen (secondary N) is 1. The van der Waals surface area contributed by atoms with Crippen molar-refractivity contribution in [1.82, 2.24) is 19.7 Å². The van der Waals surface area contributed by atoms with Gasteiger partial charge in [-0.05, 0) is 48.0 Å². The number of amides is 1. The van der Waals surface area contributed by atoms with Gasteiger partial charge in [0.25, 0.3) is 5.91 Å². The molecule has 0 atom stereocenters. The zero-order valence-corrected chi connectivity index (χ0v) is 14.9.